The largest absolute Gasteiger partial charge is 0.187 e. The third kappa shape index (κ3) is 27.5. The molecule has 0 heterocycles. The van der Waals surface area contributed by atoms with Gasteiger partial charge in [0, 0.05) is 74.7 Å². The topological polar surface area (TPSA) is 0 Å². The molecule has 0 fully saturated rings. The van der Waals surface area contributed by atoms with Crippen LogP contribution in [0.2, 0.25) is 0 Å². The summed E-state index contributed by atoms with van der Waals surface area (Å²) in [5.74, 6) is 0. The van der Waals surface area contributed by atoms with E-state index in [0.29, 0.717) is 0 Å². The molecule has 1 radical (unpaired) electrons. The molecule has 6 heteroatoms. The van der Waals surface area contributed by atoms with Crippen molar-refractivity contribution >= 4 is 28.3 Å². The second-order valence-corrected chi connectivity index (χ2v) is 0. The average Bonchev–Trinajstić information content (AvgIpc) is 0. The molecule has 0 aliphatic carbocycles. The fourth-order valence-corrected chi connectivity index (χ4v) is 0. The molecule has 0 aliphatic heterocycles. The Morgan fingerprint density at radius 2 is 1.00 bits per heavy atom. The molecule has 0 saturated heterocycles. The molecule has 0 amide bonds. The minimum atomic E-state index is 0. The van der Waals surface area contributed by atoms with Gasteiger partial charge >= 0.3 is 0 Å². The Kier molecular flexibility index (Phi) is 440. The third-order valence-corrected chi connectivity index (χ3v) is 0. The summed E-state index contributed by atoms with van der Waals surface area (Å²) in [5, 5.41) is 0. The van der Waals surface area contributed by atoms with E-state index >= 15 is 0 Å². The summed E-state index contributed by atoms with van der Waals surface area (Å²) in [7, 11) is 0. The second kappa shape index (κ2) is 42.5. The van der Waals surface area contributed by atoms with Gasteiger partial charge in [-0.3, -0.25) is 0 Å². The standard InChI is InChI=1S/Al.Cu.Fe.Pt.H4Si.Zn.3H/h;;;;1H4;;;;. The van der Waals surface area contributed by atoms with Gasteiger partial charge in [-0.05, 0) is 11.0 Å². The Morgan fingerprint density at radius 3 is 1.00 bits per heavy atom. The van der Waals surface area contributed by atoms with Gasteiger partial charge in [0.15, 0.2) is 17.4 Å². The van der Waals surface area contributed by atoms with Crippen molar-refractivity contribution in [1.29, 1.82) is 0 Å². The molecular weight excluding hydrogens is 435 g/mol. The normalized spacial score (nSPS) is 0. The SMILES string of the molecule is [AlH3].[Cu].[Fe].[Pt].[SiH4].[Zn]. The Bertz CT molecular complexity index is 15.5. The summed E-state index contributed by atoms with van der Waals surface area (Å²) in [4.78, 5) is 0. The Morgan fingerprint density at radius 1 is 1.00 bits per heavy atom. The maximum absolute atomic E-state index is 0. The minimum Gasteiger partial charge on any atom is -0.0149 e. The van der Waals surface area contributed by atoms with Crippen LogP contribution < -0.4 is 0 Å². The molecule has 0 spiro atoms. The average molecular weight is 442 g/mol. The minimum absolute atomic E-state index is 0. The van der Waals surface area contributed by atoms with Gasteiger partial charge in [-0.1, -0.05) is 0 Å². The fraction of sp³-hybridized carbons (Fsp3) is 0. The molecule has 0 aromatic rings. The molecular formula is H7AlCuFePtSiZn. The second-order valence-electron chi connectivity index (χ2n) is 0. The molecule has 0 bridgehead atoms. The van der Waals surface area contributed by atoms with Gasteiger partial charge in [-0.25, -0.2) is 0 Å². The quantitative estimate of drug-likeness (QED) is 0.360. The maximum atomic E-state index is 0. The molecule has 0 saturated carbocycles. The van der Waals surface area contributed by atoms with Crippen LogP contribution in [-0.2, 0) is 74.7 Å². The van der Waals surface area contributed by atoms with Crippen molar-refractivity contribution < 1.29 is 74.7 Å². The van der Waals surface area contributed by atoms with E-state index in [4.69, 9.17) is 0 Å². The van der Waals surface area contributed by atoms with Gasteiger partial charge in [0.2, 0.25) is 0 Å². The van der Waals surface area contributed by atoms with E-state index in [1.807, 2.05) is 0 Å². The van der Waals surface area contributed by atoms with Crippen LogP contribution in [0.4, 0.5) is 0 Å². The van der Waals surface area contributed by atoms with Crippen LogP contribution in [0.25, 0.3) is 0 Å². The van der Waals surface area contributed by atoms with Crippen LogP contribution in [0.1, 0.15) is 0 Å². The monoisotopic (exact) mass is 440 g/mol. The first-order valence-corrected chi connectivity index (χ1v) is 0. The summed E-state index contributed by atoms with van der Waals surface area (Å²) in [6.07, 6.45) is 0. The van der Waals surface area contributed by atoms with Crippen molar-refractivity contribution in [3.63, 3.8) is 0 Å². The van der Waals surface area contributed by atoms with Gasteiger partial charge in [0.25, 0.3) is 0 Å². The van der Waals surface area contributed by atoms with E-state index in [9.17, 15) is 0 Å². The summed E-state index contributed by atoms with van der Waals surface area (Å²) < 4.78 is 0. The summed E-state index contributed by atoms with van der Waals surface area (Å²) in [5.41, 5.74) is 0. The number of rotatable bonds is 0. The summed E-state index contributed by atoms with van der Waals surface area (Å²) >= 11 is 0. The van der Waals surface area contributed by atoms with Crippen LogP contribution in [-0.4, -0.2) is 28.3 Å². The summed E-state index contributed by atoms with van der Waals surface area (Å²) in [6, 6.07) is 0. The molecule has 0 aromatic carbocycles. The first kappa shape index (κ1) is 62.1. The summed E-state index contributed by atoms with van der Waals surface area (Å²) in [6.45, 7) is 0. The van der Waals surface area contributed by atoms with Crippen LogP contribution in [0, 0.1) is 0 Å². The van der Waals surface area contributed by atoms with Gasteiger partial charge in [-0.2, -0.15) is 0 Å². The fourth-order valence-electron chi connectivity index (χ4n) is 0. The predicted molar refractivity (Wildman–Crippen MR) is 21.3 cm³/mol. The Hall–Kier alpha value is 3.10. The molecule has 0 N–H and O–H groups in total. The molecule has 0 unspecified atom stereocenters. The van der Waals surface area contributed by atoms with Crippen molar-refractivity contribution in [3.8, 4) is 0 Å². The Balaban J connectivity index is 0. The van der Waals surface area contributed by atoms with Crippen molar-refractivity contribution in [2.75, 3.05) is 0 Å². The molecule has 6 heavy (non-hydrogen) atoms. The third-order valence-electron chi connectivity index (χ3n) is 0. The van der Waals surface area contributed by atoms with E-state index in [1.54, 1.807) is 0 Å². The smallest absolute Gasteiger partial charge is 0.0149 e. The molecule has 45 valence electrons. The van der Waals surface area contributed by atoms with Gasteiger partial charge < -0.3 is 0 Å². The zero-order chi connectivity index (χ0) is 0. The van der Waals surface area contributed by atoms with Crippen molar-refractivity contribution in [1.82, 2.24) is 0 Å². The van der Waals surface area contributed by atoms with E-state index < -0.39 is 0 Å². The van der Waals surface area contributed by atoms with E-state index in [-0.39, 0.29) is 103 Å². The van der Waals surface area contributed by atoms with Crippen LogP contribution >= 0.6 is 0 Å². The van der Waals surface area contributed by atoms with Gasteiger partial charge in [0.1, 0.15) is 0 Å². The van der Waals surface area contributed by atoms with Gasteiger partial charge in [-0.15, -0.1) is 0 Å². The van der Waals surface area contributed by atoms with E-state index in [1.165, 1.54) is 0 Å². The first-order chi connectivity index (χ1) is 0. The van der Waals surface area contributed by atoms with Crippen molar-refractivity contribution in [3.05, 3.63) is 0 Å². The van der Waals surface area contributed by atoms with Crippen molar-refractivity contribution in [2.45, 2.75) is 0 Å². The first-order valence-electron chi connectivity index (χ1n) is 0. The number of hydrogen-bond acceptors (Lipinski definition) is 0. The van der Waals surface area contributed by atoms with Crippen LogP contribution in [0.3, 0.4) is 0 Å². The zero-order valence-corrected chi connectivity index (χ0v) is 8.96. The van der Waals surface area contributed by atoms with E-state index in [0.717, 1.165) is 0 Å². The predicted octanol–water partition coefficient (Wildman–Crippen LogP) is -2.65. The Labute approximate surface area is 101 Å². The molecule has 0 nitrogen and oxygen atoms in total. The number of hydrogen-bond donors (Lipinski definition) is 0. The molecule has 0 aliphatic rings. The maximum Gasteiger partial charge on any atom is 0.187 e. The van der Waals surface area contributed by atoms with Gasteiger partial charge in [0.05, 0.1) is 0 Å². The van der Waals surface area contributed by atoms with Crippen LogP contribution in [0.5, 0.6) is 0 Å². The van der Waals surface area contributed by atoms with Crippen molar-refractivity contribution in [2.24, 2.45) is 0 Å². The van der Waals surface area contributed by atoms with E-state index in [2.05, 4.69) is 0 Å². The molecule has 0 atom stereocenters. The zero-order valence-electron chi connectivity index (χ0n) is 1.68. The molecule has 0 rings (SSSR count). The van der Waals surface area contributed by atoms with Crippen LogP contribution in [0.15, 0.2) is 0 Å². The molecule has 0 aromatic heterocycles.